The van der Waals surface area contributed by atoms with E-state index in [1.54, 1.807) is 0 Å². The van der Waals surface area contributed by atoms with Crippen molar-refractivity contribution >= 4 is 53.1 Å². The molecule has 38 heavy (non-hydrogen) atoms. The van der Waals surface area contributed by atoms with E-state index in [4.69, 9.17) is 21.5 Å². The minimum Gasteiger partial charge on any atom is -0.386 e. The molecule has 14 heteroatoms. The third kappa shape index (κ3) is 8.11. The molecular formula is C24H27Al2O9P3. The Morgan fingerprint density at radius 1 is 0.579 bits per heavy atom. The summed E-state index contributed by atoms with van der Waals surface area (Å²) in [6.45, 7) is 0. The molecule has 9 nitrogen and oxygen atoms in total. The van der Waals surface area contributed by atoms with Gasteiger partial charge in [-0.25, -0.2) is 0 Å². The summed E-state index contributed by atoms with van der Waals surface area (Å²) in [5.74, 6) is 0. The fourth-order valence-corrected chi connectivity index (χ4v) is 17.1. The molecule has 0 N–H and O–H groups in total. The van der Waals surface area contributed by atoms with Gasteiger partial charge in [0.1, 0.15) is 0 Å². The van der Waals surface area contributed by atoms with E-state index >= 15 is 0 Å². The van der Waals surface area contributed by atoms with Crippen molar-refractivity contribution in [3.05, 3.63) is 108 Å². The predicted molar refractivity (Wildman–Crippen MR) is 146 cm³/mol. The van der Waals surface area contributed by atoms with Gasteiger partial charge in [-0.3, -0.25) is 13.7 Å². The number of hydrogen-bond acceptors (Lipinski definition) is 9. The molecule has 2 saturated heterocycles. The van der Waals surface area contributed by atoms with Gasteiger partial charge in [0.25, 0.3) is 22.8 Å². The third-order valence-corrected chi connectivity index (χ3v) is 20.2. The molecule has 0 atom stereocenters. The van der Waals surface area contributed by atoms with Crippen LogP contribution < -0.4 is 0 Å². The van der Waals surface area contributed by atoms with Gasteiger partial charge in [-0.2, -0.15) is 0 Å². The van der Waals surface area contributed by atoms with E-state index in [1.165, 1.54) is 0 Å². The Morgan fingerprint density at radius 2 is 0.921 bits per heavy atom. The van der Waals surface area contributed by atoms with E-state index in [1.807, 2.05) is 91.0 Å². The molecule has 2 heterocycles. The van der Waals surface area contributed by atoms with Gasteiger partial charge in [0.2, 0.25) is 0 Å². The van der Waals surface area contributed by atoms with Crippen LogP contribution in [0.4, 0.5) is 0 Å². The van der Waals surface area contributed by atoms with Crippen LogP contribution in [0.5, 0.6) is 0 Å². The van der Waals surface area contributed by atoms with Crippen molar-refractivity contribution < 1.29 is 35.1 Å². The zero-order valence-corrected chi connectivity index (χ0v) is 25.6. The molecule has 5 rings (SSSR count). The predicted octanol–water partition coefficient (Wildman–Crippen LogP) is 6.39. The molecule has 0 amide bonds. The first-order valence-electron chi connectivity index (χ1n) is 12.3. The van der Waals surface area contributed by atoms with Gasteiger partial charge in [0.05, 0.1) is 0 Å². The largest absolute Gasteiger partial charge is 0.926 e. The second-order valence-corrected chi connectivity index (χ2v) is 20.1. The first-order chi connectivity index (χ1) is 18.3. The van der Waals surface area contributed by atoms with Crippen LogP contribution in [0.2, 0.25) is 0 Å². The summed E-state index contributed by atoms with van der Waals surface area (Å²) in [6, 6.07) is 28.7. The molecule has 0 aromatic heterocycles. The van der Waals surface area contributed by atoms with Crippen LogP contribution in [-0.2, 0) is 54.4 Å². The molecule has 0 aliphatic carbocycles. The number of rotatable bonds is 13. The first kappa shape index (κ1) is 28.7. The molecule has 2 aliphatic heterocycles. The molecule has 0 saturated carbocycles. The number of aryl methyl sites for hydroxylation is 3. The second-order valence-electron chi connectivity index (χ2n) is 8.92. The van der Waals surface area contributed by atoms with E-state index in [0.29, 0.717) is 19.3 Å². The average Bonchev–Trinajstić information content (AvgIpc) is 2.90. The molecule has 2 aliphatic rings. The lowest BCUT2D eigenvalue weighted by molar-refractivity contribution is 0.175. The van der Waals surface area contributed by atoms with Crippen LogP contribution in [0.3, 0.4) is 0 Å². The van der Waals surface area contributed by atoms with E-state index in [-0.39, 0.29) is 18.5 Å². The molecule has 3 aromatic rings. The van der Waals surface area contributed by atoms with Crippen LogP contribution >= 0.6 is 22.8 Å². The normalized spacial score (nSPS) is 18.0. The Hall–Kier alpha value is -0.825. The van der Waals surface area contributed by atoms with Crippen molar-refractivity contribution in [2.24, 2.45) is 0 Å². The SMILES string of the molecule is O=P1(CCc2ccccc2)[O][Al]([O]P(=O)(CCc2ccccc2)[O][Al]2[O]P(=O)(CCc3ccccc3)[O]2)[O]1. The van der Waals surface area contributed by atoms with Crippen LogP contribution in [0.15, 0.2) is 91.0 Å². The van der Waals surface area contributed by atoms with Crippen molar-refractivity contribution in [2.45, 2.75) is 19.3 Å². The van der Waals surface area contributed by atoms with Crippen molar-refractivity contribution in [3.8, 4) is 0 Å². The van der Waals surface area contributed by atoms with Crippen molar-refractivity contribution in [1.29, 1.82) is 0 Å². The molecular weight excluding hydrogens is 579 g/mol. The van der Waals surface area contributed by atoms with Crippen LogP contribution in [-0.4, -0.2) is 48.8 Å². The lowest BCUT2D eigenvalue weighted by atomic mass is 10.2. The minimum absolute atomic E-state index is 0.0199. The van der Waals surface area contributed by atoms with Crippen molar-refractivity contribution in [2.75, 3.05) is 18.5 Å². The summed E-state index contributed by atoms with van der Waals surface area (Å²) >= 11 is -5.89. The Labute approximate surface area is 232 Å². The summed E-state index contributed by atoms with van der Waals surface area (Å²) in [5, 5.41) is 0. The topological polar surface area (TPSA) is 107 Å². The van der Waals surface area contributed by atoms with Gasteiger partial charge in [0, 0.05) is 18.5 Å². The van der Waals surface area contributed by atoms with Crippen molar-refractivity contribution in [1.82, 2.24) is 0 Å². The van der Waals surface area contributed by atoms with Crippen LogP contribution in [0.1, 0.15) is 16.7 Å². The molecule has 0 spiro atoms. The first-order valence-corrected chi connectivity index (χ1v) is 20.3. The van der Waals surface area contributed by atoms with Crippen LogP contribution in [0.25, 0.3) is 0 Å². The highest BCUT2D eigenvalue weighted by Gasteiger charge is 2.62. The summed E-state index contributed by atoms with van der Waals surface area (Å²) in [5.41, 5.74) is 2.97. The smallest absolute Gasteiger partial charge is 0.386 e. The standard InChI is InChI=1S/3C8H11O3P.2Al/c3*9-12(10,11)7-6-8-4-2-1-3-5-8;;/h3*1-5H,6-7H2,(H2,9,10,11);;/q;;;2*+3/p-6. The molecule has 3 aromatic carbocycles. The van der Waals surface area contributed by atoms with Gasteiger partial charge in [-0.1, -0.05) is 91.0 Å². The minimum atomic E-state index is -3.81. The van der Waals surface area contributed by atoms with E-state index in [9.17, 15) is 13.7 Å². The summed E-state index contributed by atoms with van der Waals surface area (Å²) in [6.07, 6.45) is 1.87. The van der Waals surface area contributed by atoms with Gasteiger partial charge in [0.15, 0.2) is 0 Å². The molecule has 0 unspecified atom stereocenters. The van der Waals surface area contributed by atoms with Crippen LogP contribution in [0, 0.1) is 0 Å². The monoisotopic (exact) mass is 606 g/mol. The number of benzene rings is 3. The highest BCUT2D eigenvalue weighted by atomic mass is 31.2. The fraction of sp³-hybridized carbons (Fsp3) is 0.250. The Balaban J connectivity index is 1.15. The Kier molecular flexibility index (Phi) is 9.65. The third-order valence-electron chi connectivity index (χ3n) is 6.03. The number of hydrogen-bond donors (Lipinski definition) is 0. The van der Waals surface area contributed by atoms with E-state index < -0.39 is 53.1 Å². The zero-order chi connectivity index (χ0) is 26.5. The van der Waals surface area contributed by atoms with Crippen molar-refractivity contribution in [3.63, 3.8) is 0 Å². The van der Waals surface area contributed by atoms with Gasteiger partial charge in [-0.05, 0) is 36.0 Å². The van der Waals surface area contributed by atoms with Gasteiger partial charge < -0.3 is 21.5 Å². The van der Waals surface area contributed by atoms with E-state index in [0.717, 1.165) is 16.7 Å². The average molecular weight is 606 g/mol. The summed E-state index contributed by atoms with van der Waals surface area (Å²) < 4.78 is 72.8. The highest BCUT2D eigenvalue weighted by molar-refractivity contribution is 7.62. The maximum atomic E-state index is 13.7. The lowest BCUT2D eigenvalue weighted by Gasteiger charge is -2.37. The highest BCUT2D eigenvalue weighted by Crippen LogP contribution is 2.65. The van der Waals surface area contributed by atoms with E-state index in [2.05, 4.69) is 0 Å². The Morgan fingerprint density at radius 3 is 1.29 bits per heavy atom. The molecule has 2 fully saturated rings. The summed E-state index contributed by atoms with van der Waals surface area (Å²) in [7, 11) is -10.4. The van der Waals surface area contributed by atoms with Gasteiger partial charge >= 0.3 is 30.3 Å². The van der Waals surface area contributed by atoms with Gasteiger partial charge in [-0.15, -0.1) is 0 Å². The maximum Gasteiger partial charge on any atom is 0.926 e. The molecule has 0 radical (unpaired) electrons. The fourth-order valence-electron chi connectivity index (χ4n) is 3.95. The zero-order valence-electron chi connectivity index (χ0n) is 20.6. The molecule has 198 valence electrons. The maximum absolute atomic E-state index is 13.7. The Bertz CT molecular complexity index is 1250. The lowest BCUT2D eigenvalue weighted by Crippen LogP contribution is -2.39. The second kappa shape index (κ2) is 12.8. The molecule has 0 bridgehead atoms. The quantitative estimate of drug-likeness (QED) is 0.162. The summed E-state index contributed by atoms with van der Waals surface area (Å²) in [4.78, 5) is 0.